The average Bonchev–Trinajstić information content (AvgIpc) is 2.60. The Morgan fingerprint density at radius 1 is 0.957 bits per heavy atom. The van der Waals surface area contributed by atoms with Crippen LogP contribution in [0.5, 0.6) is 11.5 Å². The minimum atomic E-state index is -0.186. The first-order chi connectivity index (χ1) is 11.2. The van der Waals surface area contributed by atoms with Crippen molar-refractivity contribution in [2.24, 2.45) is 0 Å². The molecule has 0 aliphatic rings. The summed E-state index contributed by atoms with van der Waals surface area (Å²) in [6.45, 7) is 0.941. The van der Waals surface area contributed by atoms with Crippen molar-refractivity contribution in [3.05, 3.63) is 59.2 Å². The largest absolute Gasteiger partial charge is 0.497 e. The van der Waals surface area contributed by atoms with E-state index in [0.717, 1.165) is 11.1 Å². The molecule has 5 nitrogen and oxygen atoms in total. The molecule has 0 aliphatic carbocycles. The third-order valence-corrected chi connectivity index (χ3v) is 3.47. The highest BCUT2D eigenvalue weighted by Crippen LogP contribution is 2.22. The van der Waals surface area contributed by atoms with Crippen LogP contribution in [-0.2, 0) is 17.9 Å². The molecule has 5 heteroatoms. The van der Waals surface area contributed by atoms with Crippen molar-refractivity contribution in [1.29, 1.82) is 0 Å². The summed E-state index contributed by atoms with van der Waals surface area (Å²) in [7, 11) is 4.76. The first-order valence-corrected chi connectivity index (χ1v) is 7.25. The second-order valence-corrected chi connectivity index (χ2v) is 4.99. The van der Waals surface area contributed by atoms with Gasteiger partial charge in [-0.3, -0.25) is 4.79 Å². The second kappa shape index (κ2) is 8.19. The Balaban J connectivity index is 2.11. The Hall–Kier alpha value is -2.53. The maximum atomic E-state index is 12.4. The highest BCUT2D eigenvalue weighted by molar-refractivity contribution is 5.95. The van der Waals surface area contributed by atoms with Crippen LogP contribution in [0.15, 0.2) is 42.5 Å². The Labute approximate surface area is 136 Å². The van der Waals surface area contributed by atoms with Crippen LogP contribution in [0.1, 0.15) is 21.5 Å². The molecule has 2 aromatic carbocycles. The summed E-state index contributed by atoms with van der Waals surface area (Å²) in [4.78, 5) is 12.4. The van der Waals surface area contributed by atoms with E-state index in [2.05, 4.69) is 5.32 Å². The molecule has 1 N–H and O–H groups in total. The molecule has 0 fully saturated rings. The zero-order valence-corrected chi connectivity index (χ0v) is 13.6. The van der Waals surface area contributed by atoms with Gasteiger partial charge in [-0.15, -0.1) is 0 Å². The molecule has 0 unspecified atom stereocenters. The number of hydrogen-bond acceptors (Lipinski definition) is 4. The molecule has 0 heterocycles. The molecule has 0 aromatic heterocycles. The van der Waals surface area contributed by atoms with Crippen LogP contribution in [0, 0.1) is 0 Å². The summed E-state index contributed by atoms with van der Waals surface area (Å²) >= 11 is 0. The molecule has 0 radical (unpaired) electrons. The van der Waals surface area contributed by atoms with E-state index < -0.39 is 0 Å². The number of methoxy groups -OCH3 is 3. The summed E-state index contributed by atoms with van der Waals surface area (Å²) in [6, 6.07) is 12.9. The molecule has 0 atom stereocenters. The summed E-state index contributed by atoms with van der Waals surface area (Å²) in [5, 5.41) is 2.91. The number of carbonyl (C=O) groups excluding carboxylic acids is 1. The maximum Gasteiger partial charge on any atom is 0.251 e. The minimum Gasteiger partial charge on any atom is -0.497 e. The minimum absolute atomic E-state index is 0.186. The van der Waals surface area contributed by atoms with E-state index in [-0.39, 0.29) is 5.91 Å². The number of benzene rings is 2. The molecule has 0 saturated heterocycles. The smallest absolute Gasteiger partial charge is 0.251 e. The Kier molecular flexibility index (Phi) is 6.00. The topological polar surface area (TPSA) is 56.8 Å². The van der Waals surface area contributed by atoms with Crippen LogP contribution in [0.25, 0.3) is 0 Å². The fourth-order valence-corrected chi connectivity index (χ4v) is 2.24. The van der Waals surface area contributed by atoms with Gasteiger partial charge in [0.25, 0.3) is 5.91 Å². The Morgan fingerprint density at radius 3 is 2.13 bits per heavy atom. The van der Waals surface area contributed by atoms with Gasteiger partial charge >= 0.3 is 0 Å². The average molecular weight is 315 g/mol. The third kappa shape index (κ3) is 4.47. The van der Waals surface area contributed by atoms with Crippen LogP contribution in [0.4, 0.5) is 0 Å². The van der Waals surface area contributed by atoms with E-state index in [4.69, 9.17) is 14.2 Å². The van der Waals surface area contributed by atoms with Crippen molar-refractivity contribution in [1.82, 2.24) is 5.32 Å². The second-order valence-electron chi connectivity index (χ2n) is 4.99. The van der Waals surface area contributed by atoms with Crippen molar-refractivity contribution < 1.29 is 19.0 Å². The van der Waals surface area contributed by atoms with Gasteiger partial charge in [-0.2, -0.15) is 0 Å². The molecule has 122 valence electrons. The SMILES string of the molecule is COCc1ccccc1CNC(=O)c1cc(OC)cc(OC)c1. The quantitative estimate of drug-likeness (QED) is 0.853. The number of nitrogens with one attached hydrogen (secondary N) is 1. The van der Waals surface area contributed by atoms with Gasteiger partial charge in [-0.25, -0.2) is 0 Å². The Bertz CT molecular complexity index is 648. The summed E-state index contributed by atoms with van der Waals surface area (Å²) in [5.41, 5.74) is 2.57. The van der Waals surface area contributed by atoms with Crippen molar-refractivity contribution >= 4 is 5.91 Å². The van der Waals surface area contributed by atoms with E-state index in [0.29, 0.717) is 30.2 Å². The first kappa shape index (κ1) is 16.8. The molecule has 0 bridgehead atoms. The van der Waals surface area contributed by atoms with Gasteiger partial charge < -0.3 is 19.5 Å². The molecular weight excluding hydrogens is 294 g/mol. The summed E-state index contributed by atoms with van der Waals surface area (Å²) in [5.74, 6) is 0.970. The van der Waals surface area contributed by atoms with Crippen LogP contribution >= 0.6 is 0 Å². The van der Waals surface area contributed by atoms with Crippen LogP contribution in [0.3, 0.4) is 0 Å². The standard InChI is InChI=1S/C18H21NO4/c1-21-12-14-7-5-4-6-13(14)11-19-18(20)15-8-16(22-2)10-17(9-15)23-3/h4-10H,11-12H2,1-3H3,(H,19,20). The first-order valence-electron chi connectivity index (χ1n) is 7.25. The number of carbonyl (C=O) groups is 1. The van der Waals surface area contributed by atoms with Crippen molar-refractivity contribution in [2.45, 2.75) is 13.2 Å². The lowest BCUT2D eigenvalue weighted by Gasteiger charge is -2.11. The molecule has 0 aliphatic heterocycles. The van der Waals surface area contributed by atoms with Crippen molar-refractivity contribution in [3.63, 3.8) is 0 Å². The molecule has 0 spiro atoms. The van der Waals surface area contributed by atoms with E-state index >= 15 is 0 Å². The molecule has 1 amide bonds. The highest BCUT2D eigenvalue weighted by atomic mass is 16.5. The van der Waals surface area contributed by atoms with Gasteiger partial charge in [0.15, 0.2) is 0 Å². The number of ether oxygens (including phenoxy) is 3. The fourth-order valence-electron chi connectivity index (χ4n) is 2.24. The van der Waals surface area contributed by atoms with Crippen LogP contribution < -0.4 is 14.8 Å². The fraction of sp³-hybridized carbons (Fsp3) is 0.278. The van der Waals surface area contributed by atoms with E-state index in [1.165, 1.54) is 0 Å². The normalized spacial score (nSPS) is 10.2. The van der Waals surface area contributed by atoms with Crippen LogP contribution in [0.2, 0.25) is 0 Å². The van der Waals surface area contributed by atoms with E-state index in [9.17, 15) is 4.79 Å². The summed E-state index contributed by atoms with van der Waals surface area (Å²) < 4.78 is 15.5. The molecule has 0 saturated carbocycles. The third-order valence-electron chi connectivity index (χ3n) is 3.47. The van der Waals surface area contributed by atoms with Crippen molar-refractivity contribution in [2.75, 3.05) is 21.3 Å². The highest BCUT2D eigenvalue weighted by Gasteiger charge is 2.10. The number of amides is 1. The lowest BCUT2D eigenvalue weighted by Crippen LogP contribution is -2.23. The van der Waals surface area contributed by atoms with Gasteiger partial charge in [-0.05, 0) is 23.3 Å². The zero-order valence-electron chi connectivity index (χ0n) is 13.6. The zero-order chi connectivity index (χ0) is 16.7. The lowest BCUT2D eigenvalue weighted by molar-refractivity contribution is 0.0949. The summed E-state index contributed by atoms with van der Waals surface area (Å²) in [6.07, 6.45) is 0. The van der Waals surface area contributed by atoms with Gasteiger partial charge in [0.1, 0.15) is 11.5 Å². The number of rotatable bonds is 7. The molecule has 2 aromatic rings. The molecule has 2 rings (SSSR count). The number of hydrogen-bond donors (Lipinski definition) is 1. The molecule has 23 heavy (non-hydrogen) atoms. The van der Waals surface area contributed by atoms with E-state index in [1.54, 1.807) is 39.5 Å². The predicted molar refractivity (Wildman–Crippen MR) is 87.9 cm³/mol. The van der Waals surface area contributed by atoms with Gasteiger partial charge in [0.2, 0.25) is 0 Å². The Morgan fingerprint density at radius 2 is 1.57 bits per heavy atom. The predicted octanol–water partition coefficient (Wildman–Crippen LogP) is 2.78. The van der Waals surface area contributed by atoms with Crippen LogP contribution in [-0.4, -0.2) is 27.2 Å². The van der Waals surface area contributed by atoms with Crippen molar-refractivity contribution in [3.8, 4) is 11.5 Å². The van der Waals surface area contributed by atoms with Gasteiger partial charge in [0.05, 0.1) is 20.8 Å². The molecular formula is C18H21NO4. The van der Waals surface area contributed by atoms with Gasteiger partial charge in [0, 0.05) is 25.3 Å². The lowest BCUT2D eigenvalue weighted by atomic mass is 10.1. The monoisotopic (exact) mass is 315 g/mol. The van der Waals surface area contributed by atoms with E-state index in [1.807, 2.05) is 24.3 Å². The maximum absolute atomic E-state index is 12.4. The van der Waals surface area contributed by atoms with Gasteiger partial charge in [-0.1, -0.05) is 24.3 Å².